The summed E-state index contributed by atoms with van der Waals surface area (Å²) in [5, 5.41) is 5.43. The van der Waals surface area contributed by atoms with E-state index < -0.39 is 0 Å². The Labute approximate surface area is 104 Å². The second-order valence-corrected chi connectivity index (χ2v) is 5.66. The van der Waals surface area contributed by atoms with Gasteiger partial charge in [0.15, 0.2) is 0 Å². The van der Waals surface area contributed by atoms with Gasteiger partial charge in [-0.1, -0.05) is 0 Å². The quantitative estimate of drug-likeness (QED) is 0.841. The molecule has 0 spiro atoms. The van der Waals surface area contributed by atoms with Crippen molar-refractivity contribution in [3.8, 4) is 10.6 Å². The van der Waals surface area contributed by atoms with Gasteiger partial charge in [0.2, 0.25) is 0 Å². The van der Waals surface area contributed by atoms with Gasteiger partial charge >= 0.3 is 0 Å². The molecule has 0 aliphatic heterocycles. The van der Waals surface area contributed by atoms with Crippen molar-refractivity contribution in [2.24, 2.45) is 12.8 Å². The fourth-order valence-corrected chi connectivity index (χ4v) is 3.59. The third-order valence-corrected chi connectivity index (χ3v) is 4.50. The van der Waals surface area contributed by atoms with Crippen molar-refractivity contribution in [2.75, 3.05) is 0 Å². The van der Waals surface area contributed by atoms with Crippen LogP contribution in [0.1, 0.15) is 35.1 Å². The molecule has 3 rings (SSSR count). The molecule has 1 aliphatic carbocycles. The molecule has 17 heavy (non-hydrogen) atoms. The Hall–Kier alpha value is -1.20. The predicted octanol–water partition coefficient (Wildman–Crippen LogP) is 2.19. The molecule has 90 valence electrons. The number of nitrogens with zero attached hydrogens (tertiary/aromatic N) is 3. The van der Waals surface area contributed by atoms with E-state index in [0.717, 1.165) is 35.5 Å². The average molecular weight is 248 g/mol. The number of rotatable bonds is 1. The normalized spacial score (nSPS) is 19.4. The van der Waals surface area contributed by atoms with Crippen molar-refractivity contribution < 1.29 is 0 Å². The molecule has 2 aromatic rings. The number of hydrogen-bond acceptors (Lipinski definition) is 4. The van der Waals surface area contributed by atoms with Crippen molar-refractivity contribution >= 4 is 11.3 Å². The second-order valence-electron chi connectivity index (χ2n) is 4.63. The Morgan fingerprint density at radius 2 is 2.35 bits per heavy atom. The van der Waals surface area contributed by atoms with Crippen LogP contribution in [0.15, 0.2) is 6.20 Å². The van der Waals surface area contributed by atoms with Crippen LogP contribution >= 0.6 is 11.3 Å². The molecule has 0 saturated carbocycles. The highest BCUT2D eigenvalue weighted by Gasteiger charge is 2.23. The summed E-state index contributed by atoms with van der Waals surface area (Å²) in [6, 6.07) is 0.182. The standard InChI is InChI=1S/C12H16N4S/c1-7-8(6-16(2)15-7)12-14-10-5-3-4-9(13)11(10)17-12/h6,9H,3-5,13H2,1-2H3. The molecule has 1 atom stereocenters. The van der Waals surface area contributed by atoms with Crippen LogP contribution < -0.4 is 5.73 Å². The van der Waals surface area contributed by atoms with E-state index in [1.54, 1.807) is 11.3 Å². The molecule has 0 radical (unpaired) electrons. The molecule has 0 aromatic carbocycles. The zero-order valence-corrected chi connectivity index (χ0v) is 10.9. The lowest BCUT2D eigenvalue weighted by atomic mass is 9.99. The number of nitrogens with two attached hydrogens (primary N) is 1. The molecule has 2 N–H and O–H groups in total. The summed E-state index contributed by atoms with van der Waals surface area (Å²) >= 11 is 1.73. The summed E-state index contributed by atoms with van der Waals surface area (Å²) < 4.78 is 1.84. The van der Waals surface area contributed by atoms with Gasteiger partial charge < -0.3 is 5.73 Å². The molecule has 1 unspecified atom stereocenters. The minimum absolute atomic E-state index is 0.182. The van der Waals surface area contributed by atoms with Gasteiger partial charge in [0.05, 0.1) is 17.0 Å². The van der Waals surface area contributed by atoms with Crippen molar-refractivity contribution in [1.29, 1.82) is 0 Å². The zero-order chi connectivity index (χ0) is 12.0. The number of fused-ring (bicyclic) bond motifs is 1. The van der Waals surface area contributed by atoms with Crippen LogP contribution in [0.5, 0.6) is 0 Å². The maximum absolute atomic E-state index is 6.13. The number of hydrogen-bond donors (Lipinski definition) is 1. The third kappa shape index (κ3) is 1.79. The lowest BCUT2D eigenvalue weighted by molar-refractivity contribution is 0.573. The Morgan fingerprint density at radius 3 is 3.00 bits per heavy atom. The van der Waals surface area contributed by atoms with Crippen molar-refractivity contribution in [1.82, 2.24) is 14.8 Å². The van der Waals surface area contributed by atoms with E-state index in [2.05, 4.69) is 5.10 Å². The Morgan fingerprint density at radius 1 is 1.53 bits per heavy atom. The maximum Gasteiger partial charge on any atom is 0.127 e. The van der Waals surface area contributed by atoms with Crippen LogP contribution in [0, 0.1) is 6.92 Å². The minimum atomic E-state index is 0.182. The topological polar surface area (TPSA) is 56.7 Å². The summed E-state index contributed by atoms with van der Waals surface area (Å²) in [7, 11) is 1.94. The molecule has 5 heteroatoms. The van der Waals surface area contributed by atoms with Crippen LogP contribution in [0.2, 0.25) is 0 Å². The van der Waals surface area contributed by atoms with Crippen LogP contribution in [0.4, 0.5) is 0 Å². The van der Waals surface area contributed by atoms with Gasteiger partial charge in [-0.15, -0.1) is 11.3 Å². The molecular weight excluding hydrogens is 232 g/mol. The summed E-state index contributed by atoms with van der Waals surface area (Å²) in [4.78, 5) is 6.00. The van der Waals surface area contributed by atoms with E-state index in [4.69, 9.17) is 10.7 Å². The Balaban J connectivity index is 2.08. The Kier molecular flexibility index (Phi) is 2.52. The van der Waals surface area contributed by atoms with Crippen molar-refractivity contribution in [3.05, 3.63) is 22.5 Å². The third-order valence-electron chi connectivity index (χ3n) is 3.24. The largest absolute Gasteiger partial charge is 0.323 e. The highest BCUT2D eigenvalue weighted by atomic mass is 32.1. The van der Waals surface area contributed by atoms with Crippen LogP contribution in [-0.4, -0.2) is 14.8 Å². The first-order valence-electron chi connectivity index (χ1n) is 5.91. The summed E-state index contributed by atoms with van der Waals surface area (Å²) in [5.74, 6) is 0. The molecule has 4 nitrogen and oxygen atoms in total. The molecule has 2 aromatic heterocycles. The molecule has 2 heterocycles. The van der Waals surface area contributed by atoms with Crippen molar-refractivity contribution in [2.45, 2.75) is 32.2 Å². The van der Waals surface area contributed by atoms with E-state index in [-0.39, 0.29) is 6.04 Å². The number of thiazole rings is 1. The van der Waals surface area contributed by atoms with Gasteiger partial charge in [0, 0.05) is 24.2 Å². The summed E-state index contributed by atoms with van der Waals surface area (Å²) in [6.45, 7) is 2.02. The predicted molar refractivity (Wildman–Crippen MR) is 68.9 cm³/mol. The van der Waals surface area contributed by atoms with E-state index in [1.807, 2.05) is 24.9 Å². The van der Waals surface area contributed by atoms with Crippen LogP contribution in [0.25, 0.3) is 10.6 Å². The molecular formula is C12H16N4S. The molecule has 0 saturated heterocycles. The highest BCUT2D eigenvalue weighted by molar-refractivity contribution is 7.15. The second kappa shape index (κ2) is 3.92. The maximum atomic E-state index is 6.13. The van der Waals surface area contributed by atoms with Gasteiger partial charge in [-0.25, -0.2) is 4.98 Å². The van der Waals surface area contributed by atoms with Crippen LogP contribution in [0.3, 0.4) is 0 Å². The monoisotopic (exact) mass is 248 g/mol. The minimum Gasteiger partial charge on any atom is -0.323 e. The van der Waals surface area contributed by atoms with Crippen LogP contribution in [-0.2, 0) is 13.5 Å². The SMILES string of the molecule is Cc1nn(C)cc1-c1nc2c(s1)C(N)CCC2. The van der Waals surface area contributed by atoms with Gasteiger partial charge in [-0.05, 0) is 26.2 Å². The summed E-state index contributed by atoms with van der Waals surface area (Å²) in [5.41, 5.74) is 9.50. The Bertz CT molecular complexity index is 555. The first-order valence-corrected chi connectivity index (χ1v) is 6.72. The van der Waals surface area contributed by atoms with Gasteiger partial charge in [0.25, 0.3) is 0 Å². The lowest BCUT2D eigenvalue weighted by Crippen LogP contribution is -2.15. The van der Waals surface area contributed by atoms with E-state index in [0.29, 0.717) is 0 Å². The van der Waals surface area contributed by atoms with E-state index in [1.165, 1.54) is 10.6 Å². The number of aryl methyl sites for hydroxylation is 3. The first kappa shape index (κ1) is 10.9. The van der Waals surface area contributed by atoms with Gasteiger partial charge in [-0.3, -0.25) is 4.68 Å². The first-order chi connectivity index (χ1) is 8.15. The molecule has 0 fully saturated rings. The summed E-state index contributed by atoms with van der Waals surface area (Å²) in [6.07, 6.45) is 5.34. The molecule has 0 amide bonds. The van der Waals surface area contributed by atoms with Gasteiger partial charge in [-0.2, -0.15) is 5.10 Å². The smallest absolute Gasteiger partial charge is 0.127 e. The highest BCUT2D eigenvalue weighted by Crippen LogP contribution is 2.37. The van der Waals surface area contributed by atoms with Crippen molar-refractivity contribution in [3.63, 3.8) is 0 Å². The molecule has 0 bridgehead atoms. The fraction of sp³-hybridized carbons (Fsp3) is 0.500. The van der Waals surface area contributed by atoms with Gasteiger partial charge in [0.1, 0.15) is 5.01 Å². The lowest BCUT2D eigenvalue weighted by Gasteiger charge is -2.15. The number of aromatic nitrogens is 3. The van der Waals surface area contributed by atoms with E-state index in [9.17, 15) is 0 Å². The zero-order valence-electron chi connectivity index (χ0n) is 10.1. The van der Waals surface area contributed by atoms with E-state index >= 15 is 0 Å². The average Bonchev–Trinajstić information content (AvgIpc) is 2.82. The fourth-order valence-electron chi connectivity index (χ4n) is 2.38. The molecule has 1 aliphatic rings.